The summed E-state index contributed by atoms with van der Waals surface area (Å²) < 4.78 is 0. The number of phenols is 2. The van der Waals surface area contributed by atoms with Crippen LogP contribution in [0.25, 0.3) is 0 Å². The predicted octanol–water partition coefficient (Wildman–Crippen LogP) is 1.14. The molecule has 7 N–H and O–H groups in total. The van der Waals surface area contributed by atoms with E-state index in [1.807, 2.05) is 0 Å². The van der Waals surface area contributed by atoms with Crippen molar-refractivity contribution >= 4 is 11.9 Å². The van der Waals surface area contributed by atoms with Gasteiger partial charge in [0.25, 0.3) is 0 Å². The standard InChI is InChI=1S/C18H20N2O6/c19-17(11-5-1-3-7-13(11)21)18(9-15(23)24,20-10-16(25)26)12-6-2-4-8-14(12)22/h1-8,17,20-22H,9-10,19H2,(H,23,24)(H,25,26). The smallest absolute Gasteiger partial charge is 0.317 e. The Kier molecular flexibility index (Phi) is 5.81. The molecular weight excluding hydrogens is 340 g/mol. The molecular formula is C18H20N2O6. The van der Waals surface area contributed by atoms with Crippen molar-refractivity contribution in [1.82, 2.24) is 5.32 Å². The van der Waals surface area contributed by atoms with Crippen LogP contribution in [0.1, 0.15) is 23.6 Å². The highest BCUT2D eigenvalue weighted by Crippen LogP contribution is 2.42. The van der Waals surface area contributed by atoms with Gasteiger partial charge in [-0.3, -0.25) is 14.9 Å². The Bertz CT molecular complexity index is 810. The molecule has 2 unspecified atom stereocenters. The summed E-state index contributed by atoms with van der Waals surface area (Å²) in [5.74, 6) is -2.88. The predicted molar refractivity (Wildman–Crippen MR) is 92.7 cm³/mol. The molecule has 2 aromatic rings. The summed E-state index contributed by atoms with van der Waals surface area (Å²) in [4.78, 5) is 22.7. The number of aromatic hydroxyl groups is 2. The highest BCUT2D eigenvalue weighted by atomic mass is 16.4. The summed E-state index contributed by atoms with van der Waals surface area (Å²) in [6.45, 7) is -0.594. The summed E-state index contributed by atoms with van der Waals surface area (Å²) in [5.41, 5.74) is 4.99. The fourth-order valence-electron chi connectivity index (χ4n) is 2.98. The Morgan fingerprint density at radius 2 is 1.54 bits per heavy atom. The van der Waals surface area contributed by atoms with E-state index in [1.54, 1.807) is 24.3 Å². The van der Waals surface area contributed by atoms with Crippen LogP contribution in [-0.2, 0) is 15.1 Å². The first-order chi connectivity index (χ1) is 12.3. The van der Waals surface area contributed by atoms with Crippen LogP contribution < -0.4 is 11.1 Å². The third-order valence-corrected chi connectivity index (χ3v) is 4.17. The quantitative estimate of drug-likeness (QED) is 0.410. The molecule has 0 bridgehead atoms. The van der Waals surface area contributed by atoms with Crippen LogP contribution in [0.5, 0.6) is 11.5 Å². The zero-order chi connectivity index (χ0) is 19.3. The van der Waals surface area contributed by atoms with Gasteiger partial charge in [0.1, 0.15) is 11.5 Å². The molecule has 2 rings (SSSR count). The maximum atomic E-state index is 11.6. The second kappa shape index (κ2) is 7.85. The second-order valence-corrected chi connectivity index (χ2v) is 5.84. The van der Waals surface area contributed by atoms with E-state index in [-0.39, 0.29) is 22.6 Å². The SMILES string of the molecule is NC(c1ccccc1O)C(CC(=O)O)(NCC(=O)O)c1ccccc1O. The molecule has 8 nitrogen and oxygen atoms in total. The minimum atomic E-state index is -1.67. The molecule has 0 aliphatic rings. The molecule has 0 radical (unpaired) electrons. The van der Waals surface area contributed by atoms with Gasteiger partial charge in [0, 0.05) is 11.1 Å². The first-order valence-corrected chi connectivity index (χ1v) is 7.78. The number of rotatable bonds is 8. The average Bonchev–Trinajstić information content (AvgIpc) is 2.58. The van der Waals surface area contributed by atoms with E-state index in [0.717, 1.165) is 0 Å². The van der Waals surface area contributed by atoms with Gasteiger partial charge in [0.2, 0.25) is 0 Å². The highest BCUT2D eigenvalue weighted by molar-refractivity contribution is 5.72. The fourth-order valence-corrected chi connectivity index (χ4v) is 2.98. The van der Waals surface area contributed by atoms with Crippen molar-refractivity contribution in [2.75, 3.05) is 6.54 Å². The Balaban J connectivity index is 2.68. The van der Waals surface area contributed by atoms with Crippen molar-refractivity contribution in [1.29, 1.82) is 0 Å². The first kappa shape index (κ1) is 19.2. The zero-order valence-electron chi connectivity index (χ0n) is 13.8. The second-order valence-electron chi connectivity index (χ2n) is 5.84. The molecule has 0 aromatic heterocycles. The van der Waals surface area contributed by atoms with Crippen LogP contribution in [0.2, 0.25) is 0 Å². The zero-order valence-corrected chi connectivity index (χ0v) is 13.8. The molecule has 0 aliphatic carbocycles. The lowest BCUT2D eigenvalue weighted by Gasteiger charge is -2.39. The minimum absolute atomic E-state index is 0.124. The van der Waals surface area contributed by atoms with Crippen LogP contribution in [0.15, 0.2) is 48.5 Å². The number of carboxylic acids is 2. The fraction of sp³-hybridized carbons (Fsp3) is 0.222. The van der Waals surface area contributed by atoms with Crippen LogP contribution in [0.4, 0.5) is 0 Å². The van der Waals surface area contributed by atoms with Crippen LogP contribution in [-0.4, -0.2) is 38.9 Å². The van der Waals surface area contributed by atoms with E-state index in [1.165, 1.54) is 24.3 Å². The van der Waals surface area contributed by atoms with Crippen molar-refractivity contribution in [2.45, 2.75) is 18.0 Å². The first-order valence-electron chi connectivity index (χ1n) is 7.78. The largest absolute Gasteiger partial charge is 0.508 e. The van der Waals surface area contributed by atoms with E-state index < -0.39 is 36.5 Å². The normalized spacial score (nSPS) is 14.3. The number of phenolic OH excluding ortho intramolecular Hbond substituents is 2. The number of nitrogens with one attached hydrogen (secondary N) is 1. The summed E-state index contributed by atoms with van der Waals surface area (Å²) in [6, 6.07) is 10.9. The van der Waals surface area contributed by atoms with Gasteiger partial charge in [0.15, 0.2) is 0 Å². The van der Waals surface area contributed by atoms with Crippen molar-refractivity contribution < 1.29 is 30.0 Å². The lowest BCUT2D eigenvalue weighted by Crippen LogP contribution is -2.53. The van der Waals surface area contributed by atoms with E-state index in [4.69, 9.17) is 10.8 Å². The molecule has 2 atom stereocenters. The van der Waals surface area contributed by atoms with Gasteiger partial charge >= 0.3 is 11.9 Å². The Hall–Kier alpha value is -3.10. The van der Waals surface area contributed by atoms with Crippen molar-refractivity contribution in [3.63, 3.8) is 0 Å². The third kappa shape index (κ3) is 3.93. The van der Waals surface area contributed by atoms with Crippen LogP contribution >= 0.6 is 0 Å². The van der Waals surface area contributed by atoms with Gasteiger partial charge in [-0.2, -0.15) is 0 Å². The van der Waals surface area contributed by atoms with Gasteiger partial charge in [-0.15, -0.1) is 0 Å². The number of hydrogen-bond donors (Lipinski definition) is 6. The van der Waals surface area contributed by atoms with Crippen LogP contribution in [0.3, 0.4) is 0 Å². The third-order valence-electron chi connectivity index (χ3n) is 4.17. The molecule has 0 saturated carbocycles. The lowest BCUT2D eigenvalue weighted by atomic mass is 9.76. The molecule has 0 spiro atoms. The van der Waals surface area contributed by atoms with Crippen LogP contribution in [0, 0.1) is 0 Å². The number of carbonyl (C=O) groups is 2. The number of benzene rings is 2. The number of carboxylic acid groups (broad SMARTS) is 2. The van der Waals surface area contributed by atoms with Gasteiger partial charge in [-0.1, -0.05) is 36.4 Å². The molecule has 0 fully saturated rings. The Morgan fingerprint density at radius 1 is 0.962 bits per heavy atom. The monoisotopic (exact) mass is 360 g/mol. The summed E-state index contributed by atoms with van der Waals surface area (Å²) in [7, 11) is 0. The molecule has 0 amide bonds. The van der Waals surface area contributed by atoms with Crippen molar-refractivity contribution in [3.05, 3.63) is 59.7 Å². The Morgan fingerprint density at radius 3 is 2.08 bits per heavy atom. The van der Waals surface area contributed by atoms with Crippen molar-refractivity contribution in [3.8, 4) is 11.5 Å². The number of aliphatic carboxylic acids is 2. The average molecular weight is 360 g/mol. The van der Waals surface area contributed by atoms with Gasteiger partial charge in [-0.05, 0) is 12.1 Å². The lowest BCUT2D eigenvalue weighted by molar-refractivity contribution is -0.141. The highest BCUT2D eigenvalue weighted by Gasteiger charge is 2.44. The maximum absolute atomic E-state index is 11.6. The molecule has 0 heterocycles. The van der Waals surface area contributed by atoms with E-state index in [9.17, 15) is 24.9 Å². The number of nitrogens with two attached hydrogens (primary N) is 1. The molecule has 138 valence electrons. The molecule has 26 heavy (non-hydrogen) atoms. The number of hydrogen-bond acceptors (Lipinski definition) is 6. The van der Waals surface area contributed by atoms with E-state index in [2.05, 4.69) is 5.32 Å². The van der Waals surface area contributed by atoms with Crippen molar-refractivity contribution in [2.24, 2.45) is 5.73 Å². The Labute approximate surface area is 149 Å². The maximum Gasteiger partial charge on any atom is 0.317 e. The molecule has 8 heteroatoms. The number of para-hydroxylation sites is 2. The molecule has 0 saturated heterocycles. The molecule has 2 aromatic carbocycles. The van der Waals surface area contributed by atoms with E-state index >= 15 is 0 Å². The minimum Gasteiger partial charge on any atom is -0.508 e. The van der Waals surface area contributed by atoms with Gasteiger partial charge in [0.05, 0.1) is 24.5 Å². The summed E-state index contributed by atoms with van der Waals surface area (Å²) in [6.07, 6.45) is -0.618. The summed E-state index contributed by atoms with van der Waals surface area (Å²) >= 11 is 0. The van der Waals surface area contributed by atoms with E-state index in [0.29, 0.717) is 0 Å². The topological polar surface area (TPSA) is 153 Å². The van der Waals surface area contributed by atoms with Gasteiger partial charge in [-0.25, -0.2) is 0 Å². The summed E-state index contributed by atoms with van der Waals surface area (Å²) in [5, 5.41) is 41.6. The molecule has 0 aliphatic heterocycles. The van der Waals surface area contributed by atoms with Gasteiger partial charge < -0.3 is 26.2 Å².